The number of oxime groups is 1. The minimum atomic E-state index is -1.47. The van der Waals surface area contributed by atoms with Gasteiger partial charge < -0.3 is 25.7 Å². The lowest BCUT2D eigenvalue weighted by atomic mass is 10.1. The number of nitrogens with zero attached hydrogens (tertiary/aromatic N) is 4. The quantitative estimate of drug-likeness (QED) is 0.248. The first-order valence-electron chi connectivity index (χ1n) is 10.2. The summed E-state index contributed by atoms with van der Waals surface area (Å²) < 4.78 is 5.25. The van der Waals surface area contributed by atoms with E-state index in [2.05, 4.69) is 15.5 Å². The highest BCUT2D eigenvalue weighted by Gasteiger charge is 2.50. The van der Waals surface area contributed by atoms with Crippen molar-refractivity contribution in [3.8, 4) is 0 Å². The average Bonchev–Trinajstić information content (AvgIpc) is 3.51. The molecule has 182 valence electrons. The number of amides is 2. The number of carboxylic acids is 1. The molecule has 1 saturated heterocycles. The number of carbonyl (C=O) groups is 4. The Morgan fingerprint density at radius 1 is 1.31 bits per heavy atom. The van der Waals surface area contributed by atoms with Gasteiger partial charge in [0.25, 0.3) is 11.8 Å². The van der Waals surface area contributed by atoms with Crippen LogP contribution in [0, 0.1) is 0 Å². The maximum Gasteiger partial charge on any atom is 0.354 e. The lowest BCUT2D eigenvalue weighted by Gasteiger charge is -2.18. The van der Waals surface area contributed by atoms with Crippen molar-refractivity contribution in [1.29, 1.82) is 0 Å². The molecule has 0 saturated carbocycles. The van der Waals surface area contributed by atoms with Crippen LogP contribution in [-0.2, 0) is 35.4 Å². The Balaban J connectivity index is 1.49. The molecule has 2 aliphatic rings. The third-order valence-electron chi connectivity index (χ3n) is 5.15. The normalized spacial score (nSPS) is 18.0. The monoisotopic (exact) mass is 500 g/mol. The number of nitrogen functional groups attached to an aromatic ring is 1. The first-order valence-corrected chi connectivity index (χ1v) is 11.1. The lowest BCUT2D eigenvalue weighted by molar-refractivity contribution is -0.144. The molecule has 2 aromatic rings. The van der Waals surface area contributed by atoms with E-state index >= 15 is 0 Å². The van der Waals surface area contributed by atoms with Crippen molar-refractivity contribution in [3.05, 3.63) is 58.2 Å². The van der Waals surface area contributed by atoms with Crippen molar-refractivity contribution in [2.45, 2.75) is 12.6 Å². The highest BCUT2D eigenvalue weighted by Crippen LogP contribution is 2.30. The maximum absolute atomic E-state index is 13.0. The summed E-state index contributed by atoms with van der Waals surface area (Å²) in [6.45, 7) is -0.295. The van der Waals surface area contributed by atoms with Crippen LogP contribution in [0.4, 0.5) is 5.13 Å². The Labute approximate surface area is 202 Å². The molecule has 1 aromatic heterocycles. The van der Waals surface area contributed by atoms with Gasteiger partial charge in [0, 0.05) is 11.9 Å². The third-order valence-corrected chi connectivity index (χ3v) is 5.82. The van der Waals surface area contributed by atoms with Crippen LogP contribution >= 0.6 is 11.3 Å². The van der Waals surface area contributed by atoms with Gasteiger partial charge >= 0.3 is 11.9 Å². The number of ether oxygens (including phenoxy) is 1. The summed E-state index contributed by atoms with van der Waals surface area (Å²) in [5, 5.41) is 19.8. The standard InChI is InChI=1S/C21H20N6O7S/c1-33-25-15(14-10-35-21(22)24-14)17(28)23-13-8-26-7-12(16(19(30)31)27(26)18(13)29)20(32)34-9-11-5-3-2-4-6-11/h2-6,10,13H,7-9H2,1H3,(H2,22,24)(H,23,28)(H,30,31)/b25-15-/t13-/m1/s1. The third kappa shape index (κ3) is 4.83. The predicted octanol–water partition coefficient (Wildman–Crippen LogP) is -0.284. The fourth-order valence-corrected chi connectivity index (χ4v) is 4.19. The summed E-state index contributed by atoms with van der Waals surface area (Å²) >= 11 is 1.09. The van der Waals surface area contributed by atoms with Crippen LogP contribution in [0.2, 0.25) is 0 Å². The van der Waals surface area contributed by atoms with Gasteiger partial charge in [0.1, 0.15) is 25.5 Å². The van der Waals surface area contributed by atoms with Crippen molar-refractivity contribution in [3.63, 3.8) is 0 Å². The highest BCUT2D eigenvalue weighted by atomic mass is 32.1. The predicted molar refractivity (Wildman–Crippen MR) is 121 cm³/mol. The smallest absolute Gasteiger partial charge is 0.354 e. The Kier molecular flexibility index (Phi) is 6.75. The number of fused-ring (bicyclic) bond motifs is 1. The number of benzene rings is 1. The van der Waals surface area contributed by atoms with Gasteiger partial charge in [-0.3, -0.25) is 9.59 Å². The van der Waals surface area contributed by atoms with Gasteiger partial charge in [-0.25, -0.2) is 24.6 Å². The van der Waals surface area contributed by atoms with Crippen molar-refractivity contribution < 1.29 is 33.9 Å². The van der Waals surface area contributed by atoms with Crippen molar-refractivity contribution in [1.82, 2.24) is 20.3 Å². The number of aliphatic carboxylic acids is 1. The Hall–Kier alpha value is -4.30. The van der Waals surface area contributed by atoms with E-state index < -0.39 is 35.5 Å². The molecule has 4 rings (SSSR count). The second-order valence-electron chi connectivity index (χ2n) is 7.41. The molecule has 0 bridgehead atoms. The average molecular weight is 500 g/mol. The number of hydrazine groups is 1. The molecule has 2 amide bonds. The van der Waals surface area contributed by atoms with Gasteiger partial charge in [-0.2, -0.15) is 0 Å². The summed E-state index contributed by atoms with van der Waals surface area (Å²) in [5.74, 6) is -3.80. The summed E-state index contributed by atoms with van der Waals surface area (Å²) in [4.78, 5) is 59.1. The van der Waals surface area contributed by atoms with E-state index in [-0.39, 0.29) is 41.8 Å². The molecule has 13 nitrogen and oxygen atoms in total. The van der Waals surface area contributed by atoms with E-state index in [0.29, 0.717) is 0 Å². The number of anilines is 1. The number of hydrogen-bond acceptors (Lipinski definition) is 11. The van der Waals surface area contributed by atoms with Gasteiger partial charge in [0.15, 0.2) is 16.5 Å². The number of carbonyl (C=O) groups excluding carboxylic acids is 3. The molecular formula is C21H20N6O7S. The van der Waals surface area contributed by atoms with Crippen molar-refractivity contribution in [2.24, 2.45) is 5.16 Å². The SMILES string of the molecule is CO/N=C(\C(=O)N[C@@H]1CN2CC(C(=O)OCc3ccccc3)=C(C(=O)O)N2C1=O)c1csc(N)n1. The number of nitrogens with one attached hydrogen (secondary N) is 1. The summed E-state index contributed by atoms with van der Waals surface area (Å²) in [6, 6.07) is 7.79. The number of aromatic nitrogens is 1. The molecule has 0 spiro atoms. The van der Waals surface area contributed by atoms with E-state index in [9.17, 15) is 24.3 Å². The van der Waals surface area contributed by atoms with Crippen LogP contribution in [0.25, 0.3) is 0 Å². The number of nitrogens with two attached hydrogens (primary N) is 1. The van der Waals surface area contributed by atoms with E-state index in [1.54, 1.807) is 24.3 Å². The number of esters is 1. The second-order valence-corrected chi connectivity index (χ2v) is 8.30. The summed E-state index contributed by atoms with van der Waals surface area (Å²) in [7, 11) is 1.24. The second kappa shape index (κ2) is 9.90. The van der Waals surface area contributed by atoms with Crippen LogP contribution in [-0.4, -0.2) is 75.8 Å². The molecule has 3 heterocycles. The van der Waals surface area contributed by atoms with Crippen LogP contribution in [0.5, 0.6) is 0 Å². The molecule has 1 aromatic carbocycles. The van der Waals surface area contributed by atoms with Crippen LogP contribution in [0.3, 0.4) is 0 Å². The zero-order chi connectivity index (χ0) is 25.1. The Bertz CT molecular complexity index is 1240. The number of hydrogen-bond donors (Lipinski definition) is 3. The fourth-order valence-electron chi connectivity index (χ4n) is 3.65. The van der Waals surface area contributed by atoms with E-state index in [0.717, 1.165) is 21.9 Å². The molecule has 1 fully saturated rings. The number of carboxylic acid groups (broad SMARTS) is 1. The van der Waals surface area contributed by atoms with Crippen molar-refractivity contribution in [2.75, 3.05) is 25.9 Å². The largest absolute Gasteiger partial charge is 0.477 e. The number of thiazole rings is 1. The zero-order valence-electron chi connectivity index (χ0n) is 18.3. The fraction of sp³-hybridized carbons (Fsp3) is 0.238. The molecule has 14 heteroatoms. The van der Waals surface area contributed by atoms with Gasteiger partial charge in [0.05, 0.1) is 12.1 Å². The first-order chi connectivity index (χ1) is 16.8. The lowest BCUT2D eigenvalue weighted by Crippen LogP contribution is -2.46. The van der Waals surface area contributed by atoms with E-state index in [1.165, 1.54) is 17.5 Å². The highest BCUT2D eigenvalue weighted by molar-refractivity contribution is 7.13. The van der Waals surface area contributed by atoms with Crippen LogP contribution in [0.1, 0.15) is 11.3 Å². The van der Waals surface area contributed by atoms with Gasteiger partial charge in [0.2, 0.25) is 0 Å². The van der Waals surface area contributed by atoms with E-state index in [1.807, 2.05) is 6.07 Å². The maximum atomic E-state index is 13.0. The number of rotatable bonds is 8. The van der Waals surface area contributed by atoms with Gasteiger partial charge in [-0.15, -0.1) is 11.3 Å². The molecule has 35 heavy (non-hydrogen) atoms. The molecule has 0 aliphatic carbocycles. The molecule has 4 N–H and O–H groups in total. The van der Waals surface area contributed by atoms with Crippen LogP contribution < -0.4 is 11.1 Å². The van der Waals surface area contributed by atoms with Crippen molar-refractivity contribution >= 4 is 45.9 Å². The zero-order valence-corrected chi connectivity index (χ0v) is 19.2. The molecule has 0 radical (unpaired) electrons. The van der Waals surface area contributed by atoms with Gasteiger partial charge in [-0.1, -0.05) is 35.5 Å². The molecule has 1 atom stereocenters. The van der Waals surface area contributed by atoms with Gasteiger partial charge in [-0.05, 0) is 5.56 Å². The minimum absolute atomic E-state index is 0.0502. The van der Waals surface area contributed by atoms with Crippen LogP contribution in [0.15, 0.2) is 52.1 Å². The summed E-state index contributed by atoms with van der Waals surface area (Å²) in [6.07, 6.45) is 0. The minimum Gasteiger partial charge on any atom is -0.477 e. The Morgan fingerprint density at radius 2 is 2.06 bits per heavy atom. The molecule has 0 unspecified atom stereocenters. The Morgan fingerprint density at radius 3 is 2.69 bits per heavy atom. The first kappa shape index (κ1) is 23.8. The molecular weight excluding hydrogens is 480 g/mol. The summed E-state index contributed by atoms with van der Waals surface area (Å²) in [5.41, 5.74) is 5.63. The van der Waals surface area contributed by atoms with E-state index in [4.69, 9.17) is 15.3 Å². The molecule has 2 aliphatic heterocycles. The topological polar surface area (TPSA) is 177 Å².